The van der Waals surface area contributed by atoms with Crippen LogP contribution in [-0.2, 0) is 15.8 Å². The number of amides is 2. The Hall–Kier alpha value is -4.38. The monoisotopic (exact) mass is 613 g/mol. The minimum Gasteiger partial charge on any atom is -0.495 e. The summed E-state index contributed by atoms with van der Waals surface area (Å²) in [5.74, 6) is 0.210. The molecule has 2 aromatic carbocycles. The van der Waals surface area contributed by atoms with Crippen molar-refractivity contribution in [2.24, 2.45) is 0 Å². The number of hydrogen-bond acceptors (Lipinski definition) is 7. The number of alkyl halides is 3. The van der Waals surface area contributed by atoms with Crippen LogP contribution < -0.4 is 15.0 Å². The van der Waals surface area contributed by atoms with Crippen LogP contribution in [0.2, 0.25) is 5.02 Å². The van der Waals surface area contributed by atoms with E-state index in [1.165, 1.54) is 35.0 Å². The van der Waals surface area contributed by atoms with Gasteiger partial charge in [0.1, 0.15) is 17.4 Å². The zero-order chi connectivity index (χ0) is 30.7. The van der Waals surface area contributed by atoms with E-state index in [1.54, 1.807) is 24.3 Å². The molecule has 1 fully saturated rings. The lowest BCUT2D eigenvalue weighted by Gasteiger charge is -2.35. The number of anilines is 2. The highest BCUT2D eigenvalue weighted by atomic mass is 35.5. The van der Waals surface area contributed by atoms with Crippen LogP contribution in [0.15, 0.2) is 54.7 Å². The predicted octanol–water partition coefficient (Wildman–Crippen LogP) is 3.93. The van der Waals surface area contributed by atoms with Crippen LogP contribution >= 0.6 is 11.6 Å². The first kappa shape index (κ1) is 30.1. The maximum atomic E-state index is 13.4. The van der Waals surface area contributed by atoms with E-state index in [0.717, 1.165) is 12.1 Å². The molecule has 0 saturated carbocycles. The summed E-state index contributed by atoms with van der Waals surface area (Å²) in [6.45, 7) is 2.44. The van der Waals surface area contributed by atoms with Gasteiger partial charge in [-0.2, -0.15) is 23.5 Å². The number of carbonyl (C=O) groups is 2. The number of carbonyl (C=O) groups excluding carboxylic acids is 2. The molecule has 0 spiro atoms. The molecule has 3 aromatic rings. The maximum Gasteiger partial charge on any atom is 0.416 e. The Bertz CT molecular complexity index is 1610. The summed E-state index contributed by atoms with van der Waals surface area (Å²) in [5.41, 5.74) is 0.434. The molecule has 1 N–H and O–H groups in total. The molecule has 224 valence electrons. The van der Waals surface area contributed by atoms with Crippen molar-refractivity contribution in [3.05, 3.63) is 76.5 Å². The fourth-order valence-electron chi connectivity index (χ4n) is 5.08. The van der Waals surface area contributed by atoms with Gasteiger partial charge in [-0.3, -0.25) is 24.3 Å². The Kier molecular flexibility index (Phi) is 8.72. The summed E-state index contributed by atoms with van der Waals surface area (Å²) in [5, 5.41) is 17.2. The van der Waals surface area contributed by atoms with E-state index in [9.17, 15) is 28.0 Å². The third-order valence-corrected chi connectivity index (χ3v) is 7.46. The fourth-order valence-corrected chi connectivity index (χ4v) is 5.25. The van der Waals surface area contributed by atoms with Crippen LogP contribution in [0, 0.1) is 11.3 Å². The molecular formula is C29H27ClF3N7O3. The Balaban J connectivity index is 1.21. The smallest absolute Gasteiger partial charge is 0.416 e. The van der Waals surface area contributed by atoms with Crippen LogP contribution in [0.1, 0.15) is 16.7 Å². The van der Waals surface area contributed by atoms with Crippen molar-refractivity contribution in [3.8, 4) is 11.8 Å². The highest BCUT2D eigenvalue weighted by Gasteiger charge is 2.33. The molecule has 2 aliphatic heterocycles. The van der Waals surface area contributed by atoms with Crippen LogP contribution in [-0.4, -0.2) is 84.3 Å². The van der Waals surface area contributed by atoms with E-state index in [1.807, 2.05) is 15.9 Å². The number of nitriles is 1. The van der Waals surface area contributed by atoms with E-state index in [4.69, 9.17) is 16.3 Å². The van der Waals surface area contributed by atoms with Crippen molar-refractivity contribution in [2.75, 3.05) is 63.1 Å². The molecule has 3 heterocycles. The second-order valence-electron chi connectivity index (χ2n) is 10.0. The molecule has 0 aliphatic carbocycles. The van der Waals surface area contributed by atoms with Gasteiger partial charge in [0.15, 0.2) is 5.82 Å². The lowest BCUT2D eigenvalue weighted by atomic mass is 10.1. The van der Waals surface area contributed by atoms with Gasteiger partial charge in [0, 0.05) is 43.3 Å². The molecule has 10 nitrogen and oxygen atoms in total. The Morgan fingerprint density at radius 3 is 2.49 bits per heavy atom. The van der Waals surface area contributed by atoms with Gasteiger partial charge >= 0.3 is 6.18 Å². The van der Waals surface area contributed by atoms with Crippen LogP contribution in [0.25, 0.3) is 5.70 Å². The maximum absolute atomic E-state index is 13.4. The van der Waals surface area contributed by atoms with Crippen LogP contribution in [0.4, 0.5) is 24.7 Å². The van der Waals surface area contributed by atoms with Crippen molar-refractivity contribution in [1.82, 2.24) is 19.6 Å². The number of ether oxygens (including phenoxy) is 1. The first-order chi connectivity index (χ1) is 20.6. The van der Waals surface area contributed by atoms with E-state index in [-0.39, 0.29) is 48.4 Å². The number of aromatic nitrogens is 2. The largest absolute Gasteiger partial charge is 0.495 e. The SMILES string of the molecule is COc1ccc(Cl)cc1NC(=O)CN1CCN(CC(=O)N2CC=C(c3cccc(C(F)(F)F)c3)n3ncc(C#N)c32)CC1. The molecule has 14 heteroatoms. The summed E-state index contributed by atoms with van der Waals surface area (Å²) in [7, 11) is 1.50. The number of nitrogens with zero attached hydrogens (tertiary/aromatic N) is 6. The normalized spacial score (nSPS) is 15.8. The second-order valence-corrected chi connectivity index (χ2v) is 10.5. The number of halogens is 4. The number of rotatable bonds is 7. The molecule has 43 heavy (non-hydrogen) atoms. The van der Waals surface area contributed by atoms with Crippen molar-refractivity contribution in [2.45, 2.75) is 6.18 Å². The summed E-state index contributed by atoms with van der Waals surface area (Å²) in [6.07, 6.45) is -1.60. The number of piperazine rings is 1. The third-order valence-electron chi connectivity index (χ3n) is 7.23. The fraction of sp³-hybridized carbons (Fsp3) is 0.310. The average Bonchev–Trinajstić information content (AvgIpc) is 3.42. The van der Waals surface area contributed by atoms with Gasteiger partial charge in [-0.1, -0.05) is 23.7 Å². The number of benzene rings is 2. The molecule has 5 rings (SSSR count). The topological polar surface area (TPSA) is 107 Å². The molecule has 1 saturated heterocycles. The highest BCUT2D eigenvalue weighted by Crippen LogP contribution is 2.35. The minimum atomic E-state index is -4.52. The molecule has 2 aliphatic rings. The Labute approximate surface area is 250 Å². The summed E-state index contributed by atoms with van der Waals surface area (Å²) in [4.78, 5) is 31.4. The lowest BCUT2D eigenvalue weighted by Crippen LogP contribution is -2.52. The minimum absolute atomic E-state index is 0.0581. The molecular weight excluding hydrogens is 587 g/mol. The summed E-state index contributed by atoms with van der Waals surface area (Å²) >= 11 is 6.04. The molecule has 0 bridgehead atoms. The predicted molar refractivity (Wildman–Crippen MR) is 154 cm³/mol. The molecule has 0 radical (unpaired) electrons. The molecule has 0 unspecified atom stereocenters. The van der Waals surface area contributed by atoms with Crippen molar-refractivity contribution >= 4 is 40.6 Å². The van der Waals surface area contributed by atoms with Gasteiger partial charge in [-0.25, -0.2) is 4.68 Å². The lowest BCUT2D eigenvalue weighted by molar-refractivity contribution is -0.137. The number of hydrogen-bond donors (Lipinski definition) is 1. The summed E-state index contributed by atoms with van der Waals surface area (Å²) < 4.78 is 46.6. The Morgan fingerprint density at radius 1 is 1.09 bits per heavy atom. The van der Waals surface area contributed by atoms with Gasteiger partial charge in [0.2, 0.25) is 11.8 Å². The van der Waals surface area contributed by atoms with E-state index in [2.05, 4.69) is 10.4 Å². The van der Waals surface area contributed by atoms with Crippen molar-refractivity contribution in [3.63, 3.8) is 0 Å². The molecule has 0 atom stereocenters. The first-order valence-corrected chi connectivity index (χ1v) is 13.7. The van der Waals surface area contributed by atoms with Gasteiger partial charge in [-0.15, -0.1) is 0 Å². The van der Waals surface area contributed by atoms with Crippen molar-refractivity contribution < 1.29 is 27.5 Å². The first-order valence-electron chi connectivity index (χ1n) is 13.3. The zero-order valence-electron chi connectivity index (χ0n) is 23.1. The molecule has 1 aromatic heterocycles. The number of methoxy groups -OCH3 is 1. The van der Waals surface area contributed by atoms with E-state index < -0.39 is 11.7 Å². The van der Waals surface area contributed by atoms with Crippen LogP contribution in [0.3, 0.4) is 0 Å². The molecule has 2 amide bonds. The van der Waals surface area contributed by atoms with Crippen LogP contribution in [0.5, 0.6) is 5.75 Å². The second kappa shape index (κ2) is 12.5. The number of fused-ring (bicyclic) bond motifs is 1. The standard InChI is InChI=1S/C29H27ClF3N7O3/c1-43-25-6-5-22(30)14-23(25)36-26(41)17-37-9-11-38(12-10-37)18-27(42)39-8-7-24(40-28(39)20(15-34)16-35-40)19-3-2-4-21(13-19)29(31,32)33/h2-7,13-14,16H,8-12,17-18H2,1H3,(H,36,41). The quantitative estimate of drug-likeness (QED) is 0.430. The highest BCUT2D eigenvalue weighted by molar-refractivity contribution is 6.31. The van der Waals surface area contributed by atoms with E-state index in [0.29, 0.717) is 48.3 Å². The third kappa shape index (κ3) is 6.67. The van der Waals surface area contributed by atoms with Gasteiger partial charge in [0.25, 0.3) is 0 Å². The Morgan fingerprint density at radius 2 is 1.81 bits per heavy atom. The van der Waals surface area contributed by atoms with Gasteiger partial charge in [-0.05, 0) is 36.4 Å². The number of nitrogens with one attached hydrogen (secondary N) is 1. The van der Waals surface area contributed by atoms with Gasteiger partial charge < -0.3 is 10.1 Å². The zero-order valence-corrected chi connectivity index (χ0v) is 23.8. The van der Waals surface area contributed by atoms with Crippen molar-refractivity contribution in [1.29, 1.82) is 5.26 Å². The van der Waals surface area contributed by atoms with E-state index >= 15 is 0 Å². The van der Waals surface area contributed by atoms with Gasteiger partial charge in [0.05, 0.1) is 43.3 Å². The summed E-state index contributed by atoms with van der Waals surface area (Å²) in [6, 6.07) is 11.8. The average molecular weight is 614 g/mol.